The number of rotatable bonds is 10. The van der Waals surface area contributed by atoms with E-state index in [1.807, 2.05) is 19.1 Å². The summed E-state index contributed by atoms with van der Waals surface area (Å²) in [6.07, 6.45) is 6.18. The first-order valence-corrected chi connectivity index (χ1v) is 12.6. The number of ketones is 1. The maximum Gasteiger partial charge on any atom is 0.251 e. The zero-order valence-electron chi connectivity index (χ0n) is 21.1. The molecule has 1 aromatic carbocycles. The summed E-state index contributed by atoms with van der Waals surface area (Å²) < 4.78 is 5.25. The quantitative estimate of drug-likeness (QED) is 0.434. The Morgan fingerprint density at radius 3 is 2.39 bits per heavy atom. The highest BCUT2D eigenvalue weighted by atomic mass is 16.5. The molecule has 2 aromatic rings. The fourth-order valence-electron chi connectivity index (χ4n) is 5.39. The summed E-state index contributed by atoms with van der Waals surface area (Å²) in [5, 5.41) is 6.50. The summed E-state index contributed by atoms with van der Waals surface area (Å²) in [4.78, 5) is 43.6. The van der Waals surface area contributed by atoms with Crippen LogP contribution in [0, 0.1) is 0 Å². The van der Waals surface area contributed by atoms with E-state index >= 15 is 0 Å². The zero-order valence-corrected chi connectivity index (χ0v) is 21.1. The molecule has 2 aliphatic rings. The molecule has 36 heavy (non-hydrogen) atoms. The Morgan fingerprint density at radius 1 is 1.14 bits per heavy atom. The van der Waals surface area contributed by atoms with Crippen LogP contribution in [0.25, 0.3) is 0 Å². The van der Waals surface area contributed by atoms with Gasteiger partial charge in [-0.05, 0) is 69.4 Å². The Bertz CT molecular complexity index is 1110. The SMILES string of the molecule is CCC(COC)Nc1cc(C(=O)N[C@H]2C[C@H]3CC[C@@H](C2)N3c2ccc(C(C)=O)cn2)ccc1C(N)=O. The second kappa shape index (κ2) is 11.1. The van der Waals surface area contributed by atoms with E-state index in [0.717, 1.165) is 37.9 Å². The molecule has 4 rings (SSSR count). The predicted octanol–water partition coefficient (Wildman–Crippen LogP) is 3.15. The summed E-state index contributed by atoms with van der Waals surface area (Å²) in [7, 11) is 1.62. The van der Waals surface area contributed by atoms with Crippen molar-refractivity contribution in [2.75, 3.05) is 23.9 Å². The first-order valence-electron chi connectivity index (χ1n) is 12.6. The van der Waals surface area contributed by atoms with Gasteiger partial charge in [0, 0.05) is 54.3 Å². The number of primary amides is 1. The van der Waals surface area contributed by atoms with Crippen molar-refractivity contribution in [2.45, 2.75) is 70.1 Å². The number of nitrogens with zero attached hydrogens (tertiary/aromatic N) is 2. The molecular formula is C27H35N5O4. The number of aromatic nitrogens is 1. The molecule has 9 nitrogen and oxygen atoms in total. The lowest BCUT2D eigenvalue weighted by Crippen LogP contribution is -2.50. The van der Waals surface area contributed by atoms with Crippen LogP contribution in [-0.2, 0) is 4.74 Å². The van der Waals surface area contributed by atoms with Gasteiger partial charge in [0.15, 0.2) is 5.78 Å². The Balaban J connectivity index is 1.44. The Labute approximate surface area is 211 Å². The van der Waals surface area contributed by atoms with Crippen LogP contribution in [-0.4, -0.2) is 60.5 Å². The van der Waals surface area contributed by atoms with Gasteiger partial charge in [-0.25, -0.2) is 4.98 Å². The summed E-state index contributed by atoms with van der Waals surface area (Å²) in [6.45, 7) is 4.03. The first kappa shape index (κ1) is 25.6. The number of nitrogens with one attached hydrogen (secondary N) is 2. The molecule has 192 valence electrons. The predicted molar refractivity (Wildman–Crippen MR) is 139 cm³/mol. The second-order valence-electron chi connectivity index (χ2n) is 9.72. The lowest BCUT2D eigenvalue weighted by Gasteiger charge is -2.40. The number of hydrogen-bond acceptors (Lipinski definition) is 7. The normalized spacial score (nSPS) is 21.6. The van der Waals surface area contributed by atoms with Crippen molar-refractivity contribution < 1.29 is 19.1 Å². The Kier molecular flexibility index (Phi) is 7.88. The van der Waals surface area contributed by atoms with Crippen LogP contribution >= 0.6 is 0 Å². The largest absolute Gasteiger partial charge is 0.383 e. The Hall–Kier alpha value is -3.46. The van der Waals surface area contributed by atoms with E-state index in [9.17, 15) is 14.4 Å². The van der Waals surface area contributed by atoms with E-state index in [1.165, 1.54) is 6.92 Å². The highest BCUT2D eigenvalue weighted by Gasteiger charge is 2.41. The average Bonchev–Trinajstić information content (AvgIpc) is 3.13. The summed E-state index contributed by atoms with van der Waals surface area (Å²) in [5.41, 5.74) is 7.53. The standard InChI is InChI=1S/C27H35N5O4/c1-4-19(15-36-3)30-24-11-17(5-9-23(24)26(28)34)27(35)31-20-12-21-7-8-22(13-20)32(21)25-10-6-18(14-29-25)16(2)33/h5-6,9-11,14,19-22,30H,4,7-8,12-13,15H2,1-3H3,(H2,28,34)(H,31,35)/t19?,20-,21+,22-. The third kappa shape index (κ3) is 5.51. The minimum atomic E-state index is -0.550. The van der Waals surface area contributed by atoms with Crippen molar-refractivity contribution >= 4 is 29.1 Å². The molecule has 1 aromatic heterocycles. The summed E-state index contributed by atoms with van der Waals surface area (Å²) >= 11 is 0. The number of anilines is 2. The lowest BCUT2D eigenvalue weighted by atomic mass is 9.96. The maximum absolute atomic E-state index is 13.2. The van der Waals surface area contributed by atoms with Crippen LogP contribution in [0.15, 0.2) is 36.5 Å². The van der Waals surface area contributed by atoms with Gasteiger partial charge in [0.1, 0.15) is 5.82 Å². The number of pyridine rings is 1. The number of hydrogen-bond donors (Lipinski definition) is 3. The topological polar surface area (TPSA) is 127 Å². The molecule has 3 heterocycles. The van der Waals surface area contributed by atoms with Crippen molar-refractivity contribution in [3.8, 4) is 0 Å². The second-order valence-corrected chi connectivity index (χ2v) is 9.72. The molecule has 1 unspecified atom stereocenters. The van der Waals surface area contributed by atoms with Crippen LogP contribution in [0.1, 0.15) is 77.0 Å². The number of carbonyl (C=O) groups excluding carboxylic acids is 3. The third-order valence-electron chi connectivity index (χ3n) is 7.25. The maximum atomic E-state index is 13.2. The summed E-state index contributed by atoms with van der Waals surface area (Å²) in [6, 6.07) is 9.30. The van der Waals surface area contributed by atoms with Crippen LogP contribution in [0.3, 0.4) is 0 Å². The molecule has 0 saturated carbocycles. The first-order chi connectivity index (χ1) is 17.3. The molecular weight excluding hydrogens is 458 g/mol. The van der Waals surface area contributed by atoms with Gasteiger partial charge in [0.2, 0.25) is 0 Å². The monoisotopic (exact) mass is 493 g/mol. The number of Topliss-reactive ketones (excluding diaryl/α,β-unsaturated/α-hetero) is 1. The molecule has 9 heteroatoms. The van der Waals surface area contributed by atoms with E-state index in [2.05, 4.69) is 20.5 Å². The van der Waals surface area contributed by atoms with Gasteiger partial charge in [-0.3, -0.25) is 14.4 Å². The zero-order chi connectivity index (χ0) is 25.8. The minimum absolute atomic E-state index is 0.00423. The van der Waals surface area contributed by atoms with Gasteiger partial charge in [-0.2, -0.15) is 0 Å². The van der Waals surface area contributed by atoms with E-state index in [0.29, 0.717) is 41.1 Å². The number of benzene rings is 1. The molecule has 0 radical (unpaired) electrons. The molecule has 2 fully saturated rings. The highest BCUT2D eigenvalue weighted by Crippen LogP contribution is 2.38. The van der Waals surface area contributed by atoms with Gasteiger partial charge in [0.25, 0.3) is 11.8 Å². The van der Waals surface area contributed by atoms with Crippen molar-refractivity contribution in [2.24, 2.45) is 5.73 Å². The van der Waals surface area contributed by atoms with Crippen LogP contribution < -0.4 is 21.3 Å². The molecule has 0 spiro atoms. The number of fused-ring (bicyclic) bond motifs is 2. The minimum Gasteiger partial charge on any atom is -0.383 e. The average molecular weight is 494 g/mol. The van der Waals surface area contributed by atoms with Gasteiger partial charge in [-0.15, -0.1) is 0 Å². The van der Waals surface area contributed by atoms with E-state index in [-0.39, 0.29) is 23.8 Å². The van der Waals surface area contributed by atoms with Gasteiger partial charge in [0.05, 0.1) is 12.2 Å². The molecule has 4 N–H and O–H groups in total. The lowest BCUT2D eigenvalue weighted by molar-refractivity contribution is 0.0924. The van der Waals surface area contributed by atoms with E-state index in [4.69, 9.17) is 10.5 Å². The van der Waals surface area contributed by atoms with Crippen LogP contribution in [0.5, 0.6) is 0 Å². The molecule has 2 saturated heterocycles. The molecule has 2 aliphatic heterocycles. The van der Waals surface area contributed by atoms with Crippen molar-refractivity contribution in [3.63, 3.8) is 0 Å². The Morgan fingerprint density at radius 2 is 1.83 bits per heavy atom. The van der Waals surface area contributed by atoms with Crippen molar-refractivity contribution in [3.05, 3.63) is 53.2 Å². The summed E-state index contributed by atoms with van der Waals surface area (Å²) in [5.74, 6) is 0.169. The number of methoxy groups -OCH3 is 1. The molecule has 4 atom stereocenters. The van der Waals surface area contributed by atoms with Gasteiger partial charge >= 0.3 is 0 Å². The number of amides is 2. The van der Waals surface area contributed by atoms with E-state index in [1.54, 1.807) is 31.5 Å². The van der Waals surface area contributed by atoms with Crippen LogP contribution in [0.2, 0.25) is 0 Å². The van der Waals surface area contributed by atoms with Crippen molar-refractivity contribution in [1.29, 1.82) is 0 Å². The number of nitrogens with two attached hydrogens (primary N) is 1. The molecule has 2 amide bonds. The fourth-order valence-corrected chi connectivity index (χ4v) is 5.39. The van der Waals surface area contributed by atoms with Gasteiger partial charge < -0.3 is 26.0 Å². The third-order valence-corrected chi connectivity index (χ3v) is 7.25. The number of piperidine rings is 1. The van der Waals surface area contributed by atoms with Gasteiger partial charge in [-0.1, -0.05) is 6.92 Å². The van der Waals surface area contributed by atoms with Crippen LogP contribution in [0.4, 0.5) is 11.5 Å². The molecule has 2 bridgehead atoms. The fraction of sp³-hybridized carbons (Fsp3) is 0.481. The number of carbonyl (C=O) groups is 3. The highest BCUT2D eigenvalue weighted by molar-refractivity contribution is 6.02. The van der Waals surface area contributed by atoms with E-state index < -0.39 is 5.91 Å². The van der Waals surface area contributed by atoms with Crippen molar-refractivity contribution in [1.82, 2.24) is 10.3 Å². The molecule has 0 aliphatic carbocycles. The number of ether oxygens (including phenoxy) is 1. The smallest absolute Gasteiger partial charge is 0.251 e.